The van der Waals surface area contributed by atoms with Gasteiger partial charge in [-0.25, -0.2) is 14.2 Å². The minimum atomic E-state index is -3.13. The molecule has 0 saturated carbocycles. The molecule has 0 aliphatic carbocycles. The smallest absolute Gasteiger partial charge is 0.388 e. The molecule has 0 bridgehead atoms. The SMILES string of the molecule is O=C(O)c1cc(OC(F)F)ncc1F. The second kappa shape index (κ2) is 3.95. The van der Waals surface area contributed by atoms with Crippen molar-refractivity contribution in [1.82, 2.24) is 4.98 Å². The molecule has 0 unspecified atom stereocenters. The molecule has 14 heavy (non-hydrogen) atoms. The lowest BCUT2D eigenvalue weighted by molar-refractivity contribution is -0.0530. The summed E-state index contributed by atoms with van der Waals surface area (Å²) in [5.74, 6) is -3.33. The molecule has 0 atom stereocenters. The molecule has 0 aliphatic heterocycles. The van der Waals surface area contributed by atoms with E-state index in [2.05, 4.69) is 9.72 Å². The van der Waals surface area contributed by atoms with Gasteiger partial charge in [0, 0.05) is 6.07 Å². The van der Waals surface area contributed by atoms with Crippen LogP contribution in [0.15, 0.2) is 12.3 Å². The van der Waals surface area contributed by atoms with E-state index >= 15 is 0 Å². The molecular weight excluding hydrogens is 203 g/mol. The number of aromatic carboxylic acids is 1. The minimum Gasteiger partial charge on any atom is -0.478 e. The number of carbonyl (C=O) groups is 1. The van der Waals surface area contributed by atoms with Crippen molar-refractivity contribution in [3.8, 4) is 5.88 Å². The Morgan fingerprint density at radius 2 is 2.21 bits per heavy atom. The molecule has 1 heterocycles. The van der Waals surface area contributed by atoms with Crippen LogP contribution in [0.5, 0.6) is 5.88 Å². The van der Waals surface area contributed by atoms with Crippen LogP contribution in [0, 0.1) is 5.82 Å². The lowest BCUT2D eigenvalue weighted by Crippen LogP contribution is -2.07. The topological polar surface area (TPSA) is 59.4 Å². The molecule has 4 nitrogen and oxygen atoms in total. The van der Waals surface area contributed by atoms with Crippen molar-refractivity contribution in [2.45, 2.75) is 6.61 Å². The van der Waals surface area contributed by atoms with Gasteiger partial charge in [-0.3, -0.25) is 0 Å². The van der Waals surface area contributed by atoms with E-state index in [1.807, 2.05) is 0 Å². The number of nitrogens with zero attached hydrogens (tertiary/aromatic N) is 1. The third-order valence-electron chi connectivity index (χ3n) is 1.27. The molecule has 0 aliphatic rings. The van der Waals surface area contributed by atoms with Gasteiger partial charge in [-0.2, -0.15) is 8.78 Å². The molecule has 1 rings (SSSR count). The van der Waals surface area contributed by atoms with Crippen molar-refractivity contribution in [2.24, 2.45) is 0 Å². The fourth-order valence-electron chi connectivity index (χ4n) is 0.739. The molecule has 0 amide bonds. The van der Waals surface area contributed by atoms with Crippen LogP contribution in [-0.2, 0) is 0 Å². The summed E-state index contributed by atoms with van der Waals surface area (Å²) in [6.07, 6.45) is 0.501. The van der Waals surface area contributed by atoms with E-state index in [0.29, 0.717) is 12.3 Å². The Hall–Kier alpha value is -1.79. The number of pyridine rings is 1. The Kier molecular flexibility index (Phi) is 2.90. The molecule has 0 saturated heterocycles. The Morgan fingerprint density at radius 3 is 2.71 bits per heavy atom. The molecular formula is C7H4F3NO3. The average molecular weight is 207 g/mol. The van der Waals surface area contributed by atoms with E-state index in [1.54, 1.807) is 0 Å². The van der Waals surface area contributed by atoms with Gasteiger partial charge in [0.15, 0.2) is 5.82 Å². The lowest BCUT2D eigenvalue weighted by atomic mass is 10.2. The van der Waals surface area contributed by atoms with Gasteiger partial charge in [0.05, 0.1) is 6.20 Å². The van der Waals surface area contributed by atoms with Crippen LogP contribution in [-0.4, -0.2) is 22.7 Å². The highest BCUT2D eigenvalue weighted by atomic mass is 19.3. The van der Waals surface area contributed by atoms with Crippen LogP contribution >= 0.6 is 0 Å². The van der Waals surface area contributed by atoms with E-state index in [1.165, 1.54) is 0 Å². The standard InChI is InChI=1S/C7H4F3NO3/c8-4-2-11-5(14-7(9)10)1-3(4)6(12)13/h1-2,7H,(H,12,13). The second-order valence-corrected chi connectivity index (χ2v) is 2.19. The number of alkyl halides is 2. The minimum absolute atomic E-state index is 0.501. The van der Waals surface area contributed by atoms with Crippen molar-refractivity contribution < 1.29 is 27.8 Å². The van der Waals surface area contributed by atoms with Crippen molar-refractivity contribution in [3.63, 3.8) is 0 Å². The zero-order valence-electron chi connectivity index (χ0n) is 6.58. The predicted octanol–water partition coefficient (Wildman–Crippen LogP) is 1.52. The first kappa shape index (κ1) is 10.3. The van der Waals surface area contributed by atoms with E-state index in [4.69, 9.17) is 5.11 Å². The highest BCUT2D eigenvalue weighted by Gasteiger charge is 2.14. The number of hydrogen-bond donors (Lipinski definition) is 1. The van der Waals surface area contributed by atoms with Gasteiger partial charge >= 0.3 is 12.6 Å². The summed E-state index contributed by atoms with van der Waals surface area (Å²) in [5, 5.41) is 8.41. The summed E-state index contributed by atoms with van der Waals surface area (Å²) in [6.45, 7) is -3.13. The summed E-state index contributed by atoms with van der Waals surface area (Å²) in [4.78, 5) is 13.5. The number of carboxylic acids is 1. The van der Waals surface area contributed by atoms with Crippen molar-refractivity contribution in [3.05, 3.63) is 23.6 Å². The van der Waals surface area contributed by atoms with Crippen molar-refractivity contribution >= 4 is 5.97 Å². The van der Waals surface area contributed by atoms with Crippen LogP contribution in [0.4, 0.5) is 13.2 Å². The summed E-state index contributed by atoms with van der Waals surface area (Å²) in [5.41, 5.74) is -0.768. The molecule has 7 heteroatoms. The highest BCUT2D eigenvalue weighted by Crippen LogP contribution is 2.15. The van der Waals surface area contributed by atoms with Gasteiger partial charge in [0.1, 0.15) is 5.56 Å². The van der Waals surface area contributed by atoms with E-state index in [9.17, 15) is 18.0 Å². The Labute approximate surface area is 75.9 Å². The third kappa shape index (κ3) is 2.35. The fraction of sp³-hybridized carbons (Fsp3) is 0.143. The molecule has 1 aromatic heterocycles. The first-order valence-corrected chi connectivity index (χ1v) is 3.34. The Bertz CT molecular complexity index is 356. The zero-order chi connectivity index (χ0) is 10.7. The maximum Gasteiger partial charge on any atom is 0.388 e. The number of hydrogen-bond acceptors (Lipinski definition) is 3. The molecule has 76 valence electrons. The van der Waals surface area contributed by atoms with Gasteiger partial charge in [-0.15, -0.1) is 0 Å². The Morgan fingerprint density at radius 1 is 1.57 bits per heavy atom. The van der Waals surface area contributed by atoms with Crippen LogP contribution in [0.2, 0.25) is 0 Å². The predicted molar refractivity (Wildman–Crippen MR) is 37.8 cm³/mol. The zero-order valence-corrected chi connectivity index (χ0v) is 6.58. The maximum atomic E-state index is 12.7. The average Bonchev–Trinajstić information content (AvgIpc) is 2.07. The third-order valence-corrected chi connectivity index (χ3v) is 1.27. The number of halogens is 3. The monoisotopic (exact) mass is 207 g/mol. The number of aromatic nitrogens is 1. The normalized spacial score (nSPS) is 10.3. The van der Waals surface area contributed by atoms with Crippen molar-refractivity contribution in [1.29, 1.82) is 0 Å². The Balaban J connectivity index is 3.00. The molecule has 1 aromatic rings. The van der Waals surface area contributed by atoms with Gasteiger partial charge in [0.2, 0.25) is 5.88 Å². The largest absolute Gasteiger partial charge is 0.478 e. The summed E-state index contributed by atoms with van der Waals surface area (Å²) >= 11 is 0. The van der Waals surface area contributed by atoms with Crippen LogP contribution < -0.4 is 4.74 Å². The van der Waals surface area contributed by atoms with Crippen molar-refractivity contribution in [2.75, 3.05) is 0 Å². The second-order valence-electron chi connectivity index (χ2n) is 2.19. The number of ether oxygens (including phenoxy) is 1. The van der Waals surface area contributed by atoms with Gasteiger partial charge < -0.3 is 9.84 Å². The quantitative estimate of drug-likeness (QED) is 0.816. The molecule has 0 aromatic carbocycles. The van der Waals surface area contributed by atoms with Gasteiger partial charge in [-0.05, 0) is 0 Å². The van der Waals surface area contributed by atoms with Crippen LogP contribution in [0.1, 0.15) is 10.4 Å². The van der Waals surface area contributed by atoms with Gasteiger partial charge in [0.25, 0.3) is 0 Å². The molecule has 1 N–H and O–H groups in total. The fourth-order valence-corrected chi connectivity index (χ4v) is 0.739. The van der Waals surface area contributed by atoms with E-state index in [0.717, 1.165) is 0 Å². The van der Waals surface area contributed by atoms with Gasteiger partial charge in [-0.1, -0.05) is 0 Å². The molecule has 0 radical (unpaired) electrons. The first-order valence-electron chi connectivity index (χ1n) is 3.34. The lowest BCUT2D eigenvalue weighted by Gasteiger charge is -2.03. The maximum absolute atomic E-state index is 12.7. The summed E-state index contributed by atoms with van der Waals surface area (Å²) in [7, 11) is 0. The summed E-state index contributed by atoms with van der Waals surface area (Å²) < 4.78 is 39.8. The molecule has 0 fully saturated rings. The van der Waals surface area contributed by atoms with E-state index < -0.39 is 29.8 Å². The molecule has 0 spiro atoms. The first-order chi connectivity index (χ1) is 6.50. The van der Waals surface area contributed by atoms with E-state index in [-0.39, 0.29) is 0 Å². The highest BCUT2D eigenvalue weighted by molar-refractivity contribution is 5.88. The van der Waals surface area contributed by atoms with Crippen LogP contribution in [0.25, 0.3) is 0 Å². The summed E-state index contributed by atoms with van der Waals surface area (Å²) in [6, 6.07) is 0.587. The number of carboxylic acid groups (broad SMARTS) is 1. The van der Waals surface area contributed by atoms with Crippen LogP contribution in [0.3, 0.4) is 0 Å². The number of rotatable bonds is 3.